The molecule has 2 rings (SSSR count). The number of carbonyl (C=O) groups is 1. The van der Waals surface area contributed by atoms with Crippen molar-refractivity contribution in [2.45, 2.75) is 20.4 Å². The number of benzene rings is 1. The molecule has 0 amide bonds. The van der Waals surface area contributed by atoms with E-state index in [1.807, 2.05) is 24.5 Å². The first-order chi connectivity index (χ1) is 8.49. The van der Waals surface area contributed by atoms with E-state index >= 15 is 0 Å². The Kier molecular flexibility index (Phi) is 3.52. The van der Waals surface area contributed by atoms with Gasteiger partial charge in [0.1, 0.15) is 0 Å². The van der Waals surface area contributed by atoms with Crippen LogP contribution < -0.4 is 0 Å². The molecule has 0 aliphatic carbocycles. The van der Waals surface area contributed by atoms with Gasteiger partial charge in [0.2, 0.25) is 0 Å². The summed E-state index contributed by atoms with van der Waals surface area (Å²) in [6.45, 7) is 4.66. The van der Waals surface area contributed by atoms with Crippen LogP contribution in [0.1, 0.15) is 27.3 Å². The van der Waals surface area contributed by atoms with Crippen LogP contribution in [0.3, 0.4) is 0 Å². The molecule has 1 N–H and O–H groups in total. The normalized spacial score (nSPS) is 10.6. The largest absolute Gasteiger partial charge is 0.478 e. The van der Waals surface area contributed by atoms with Gasteiger partial charge in [0.25, 0.3) is 0 Å². The van der Waals surface area contributed by atoms with Crippen molar-refractivity contribution >= 4 is 21.9 Å². The van der Waals surface area contributed by atoms with Crippen molar-refractivity contribution in [3.63, 3.8) is 0 Å². The monoisotopic (exact) mass is 308 g/mol. The molecule has 1 heterocycles. The van der Waals surface area contributed by atoms with Crippen LogP contribution in [0.4, 0.5) is 0 Å². The van der Waals surface area contributed by atoms with Crippen LogP contribution in [-0.2, 0) is 6.54 Å². The molecule has 5 heteroatoms. The molecule has 0 atom stereocenters. The first-order valence-corrected chi connectivity index (χ1v) is 6.28. The van der Waals surface area contributed by atoms with Gasteiger partial charge < -0.3 is 9.67 Å². The van der Waals surface area contributed by atoms with E-state index in [-0.39, 0.29) is 5.56 Å². The molecule has 0 aliphatic rings. The van der Waals surface area contributed by atoms with E-state index in [4.69, 9.17) is 5.11 Å². The van der Waals surface area contributed by atoms with Crippen LogP contribution >= 0.6 is 15.9 Å². The Morgan fingerprint density at radius 3 is 2.67 bits per heavy atom. The fraction of sp³-hybridized carbons (Fsp3) is 0.231. The Bertz CT molecular complexity index is 605. The SMILES string of the molecule is Cc1ncn(Cc2ccc(C(=O)O)cc2Br)c1C. The third-order valence-corrected chi connectivity index (χ3v) is 3.72. The Morgan fingerprint density at radius 2 is 2.17 bits per heavy atom. The number of imidazole rings is 1. The van der Waals surface area contributed by atoms with Crippen LogP contribution in [0.25, 0.3) is 0 Å². The van der Waals surface area contributed by atoms with E-state index in [0.717, 1.165) is 21.4 Å². The van der Waals surface area contributed by atoms with Gasteiger partial charge in [-0.15, -0.1) is 0 Å². The fourth-order valence-corrected chi connectivity index (χ4v) is 2.20. The maximum absolute atomic E-state index is 10.8. The van der Waals surface area contributed by atoms with Crippen molar-refractivity contribution in [3.8, 4) is 0 Å². The molecule has 2 aromatic rings. The molecule has 0 aliphatic heterocycles. The maximum atomic E-state index is 10.8. The molecule has 0 radical (unpaired) electrons. The third kappa shape index (κ3) is 2.46. The molecule has 0 saturated heterocycles. The van der Waals surface area contributed by atoms with Gasteiger partial charge in [0.15, 0.2) is 0 Å². The van der Waals surface area contributed by atoms with Gasteiger partial charge in [-0.2, -0.15) is 0 Å². The summed E-state index contributed by atoms with van der Waals surface area (Å²) >= 11 is 3.41. The molecule has 4 nitrogen and oxygen atoms in total. The molecule has 0 fully saturated rings. The standard InChI is InChI=1S/C13H13BrN2O2/c1-8-9(2)16(7-15-8)6-11-4-3-10(13(17)18)5-12(11)14/h3-5,7H,6H2,1-2H3,(H,17,18). The highest BCUT2D eigenvalue weighted by molar-refractivity contribution is 9.10. The van der Waals surface area contributed by atoms with Crippen molar-refractivity contribution < 1.29 is 9.90 Å². The number of rotatable bonds is 3. The van der Waals surface area contributed by atoms with Gasteiger partial charge in [-0.1, -0.05) is 22.0 Å². The number of nitrogens with zero attached hydrogens (tertiary/aromatic N) is 2. The van der Waals surface area contributed by atoms with Gasteiger partial charge in [-0.3, -0.25) is 0 Å². The summed E-state index contributed by atoms with van der Waals surface area (Å²) in [5, 5.41) is 8.90. The quantitative estimate of drug-likeness (QED) is 0.948. The lowest BCUT2D eigenvalue weighted by Crippen LogP contribution is -2.03. The van der Waals surface area contributed by atoms with Crippen molar-refractivity contribution in [1.82, 2.24) is 9.55 Å². The second-order valence-corrected chi connectivity index (χ2v) is 5.01. The zero-order valence-corrected chi connectivity index (χ0v) is 11.7. The number of halogens is 1. The maximum Gasteiger partial charge on any atom is 0.335 e. The minimum absolute atomic E-state index is 0.282. The number of carboxylic acid groups (broad SMARTS) is 1. The van der Waals surface area contributed by atoms with Gasteiger partial charge in [-0.05, 0) is 31.5 Å². The number of hydrogen-bond acceptors (Lipinski definition) is 2. The second kappa shape index (κ2) is 4.94. The zero-order chi connectivity index (χ0) is 13.3. The van der Waals surface area contributed by atoms with Gasteiger partial charge >= 0.3 is 5.97 Å². The fourth-order valence-electron chi connectivity index (χ4n) is 1.70. The van der Waals surface area contributed by atoms with E-state index in [1.54, 1.807) is 18.5 Å². The lowest BCUT2D eigenvalue weighted by atomic mass is 10.1. The van der Waals surface area contributed by atoms with Gasteiger partial charge in [0.05, 0.1) is 17.6 Å². The second-order valence-electron chi connectivity index (χ2n) is 4.15. The van der Waals surface area contributed by atoms with Crippen LogP contribution in [0.2, 0.25) is 0 Å². The average molecular weight is 309 g/mol. The van der Waals surface area contributed by atoms with Crippen molar-refractivity contribution in [1.29, 1.82) is 0 Å². The molecule has 0 spiro atoms. The predicted octanol–water partition coefficient (Wildman–Crippen LogP) is 3.01. The topological polar surface area (TPSA) is 55.1 Å². The van der Waals surface area contributed by atoms with E-state index in [0.29, 0.717) is 6.54 Å². The molecule has 0 bridgehead atoms. The van der Waals surface area contributed by atoms with Crippen LogP contribution in [0.5, 0.6) is 0 Å². The molecule has 18 heavy (non-hydrogen) atoms. The minimum Gasteiger partial charge on any atom is -0.478 e. The van der Waals surface area contributed by atoms with E-state index in [1.165, 1.54) is 0 Å². The number of carboxylic acids is 1. The van der Waals surface area contributed by atoms with E-state index < -0.39 is 5.97 Å². The van der Waals surface area contributed by atoms with Crippen molar-refractivity contribution in [3.05, 3.63) is 51.5 Å². The first kappa shape index (κ1) is 12.8. The highest BCUT2D eigenvalue weighted by Gasteiger charge is 2.08. The molecular formula is C13H13BrN2O2. The molecule has 1 aromatic carbocycles. The van der Waals surface area contributed by atoms with Crippen LogP contribution in [0.15, 0.2) is 29.0 Å². The summed E-state index contributed by atoms with van der Waals surface area (Å²) in [7, 11) is 0. The van der Waals surface area contributed by atoms with Crippen LogP contribution in [0, 0.1) is 13.8 Å². The smallest absolute Gasteiger partial charge is 0.335 e. The van der Waals surface area contributed by atoms with E-state index in [2.05, 4.69) is 20.9 Å². The zero-order valence-electron chi connectivity index (χ0n) is 10.1. The lowest BCUT2D eigenvalue weighted by Gasteiger charge is -2.08. The Labute approximate surface area is 113 Å². The number of hydrogen-bond donors (Lipinski definition) is 1. The van der Waals surface area contributed by atoms with Gasteiger partial charge in [-0.25, -0.2) is 9.78 Å². The Hall–Kier alpha value is -1.62. The Balaban J connectivity index is 2.30. The highest BCUT2D eigenvalue weighted by atomic mass is 79.9. The predicted molar refractivity (Wildman–Crippen MR) is 71.9 cm³/mol. The number of aromatic carboxylic acids is 1. The summed E-state index contributed by atoms with van der Waals surface area (Å²) in [5.41, 5.74) is 3.43. The van der Waals surface area contributed by atoms with Crippen molar-refractivity contribution in [2.24, 2.45) is 0 Å². The Morgan fingerprint density at radius 1 is 1.44 bits per heavy atom. The summed E-state index contributed by atoms with van der Waals surface area (Å²) < 4.78 is 2.84. The average Bonchev–Trinajstić information content (AvgIpc) is 2.63. The number of aryl methyl sites for hydroxylation is 1. The molecule has 1 aromatic heterocycles. The molecule has 0 saturated carbocycles. The number of aromatic nitrogens is 2. The summed E-state index contributed by atoms with van der Waals surface area (Å²) in [6.07, 6.45) is 1.79. The first-order valence-electron chi connectivity index (χ1n) is 5.49. The highest BCUT2D eigenvalue weighted by Crippen LogP contribution is 2.20. The van der Waals surface area contributed by atoms with Gasteiger partial charge in [0, 0.05) is 16.7 Å². The third-order valence-electron chi connectivity index (χ3n) is 2.99. The summed E-state index contributed by atoms with van der Waals surface area (Å²) in [4.78, 5) is 15.1. The van der Waals surface area contributed by atoms with E-state index in [9.17, 15) is 4.79 Å². The van der Waals surface area contributed by atoms with Crippen LogP contribution in [-0.4, -0.2) is 20.6 Å². The summed E-state index contributed by atoms with van der Waals surface area (Å²) in [6, 6.07) is 5.06. The molecular weight excluding hydrogens is 296 g/mol. The van der Waals surface area contributed by atoms with Crippen molar-refractivity contribution in [2.75, 3.05) is 0 Å². The molecule has 0 unspecified atom stereocenters. The lowest BCUT2D eigenvalue weighted by molar-refractivity contribution is 0.0697. The molecule has 94 valence electrons. The summed E-state index contributed by atoms with van der Waals surface area (Å²) in [5.74, 6) is -0.920. The minimum atomic E-state index is -0.920.